The lowest BCUT2D eigenvalue weighted by atomic mass is 10.2. The summed E-state index contributed by atoms with van der Waals surface area (Å²) in [5, 5.41) is 5.61. The summed E-state index contributed by atoms with van der Waals surface area (Å²) in [4.78, 5) is 33.6. The first kappa shape index (κ1) is 16.4. The van der Waals surface area contributed by atoms with Crippen LogP contribution < -0.4 is 10.6 Å². The number of carbonyl (C=O) groups excluding carboxylic acids is 2. The number of likely N-dealkylation sites (N-methyl/N-ethyl adjacent to an activating group) is 1. The summed E-state index contributed by atoms with van der Waals surface area (Å²) < 4.78 is 0. The molecule has 1 fully saturated rings. The van der Waals surface area contributed by atoms with Gasteiger partial charge in [0.15, 0.2) is 0 Å². The molecule has 0 unspecified atom stereocenters. The molecule has 2 N–H and O–H groups in total. The van der Waals surface area contributed by atoms with Crippen molar-refractivity contribution in [3.63, 3.8) is 0 Å². The highest BCUT2D eigenvalue weighted by Gasteiger charge is 2.22. The van der Waals surface area contributed by atoms with Gasteiger partial charge in [0.1, 0.15) is 5.69 Å². The normalized spacial score (nSPS) is 18.1. The molecule has 7 heteroatoms. The first-order chi connectivity index (χ1) is 10.7. The van der Waals surface area contributed by atoms with E-state index in [0.717, 1.165) is 19.5 Å². The number of hydrogen-bond donors (Lipinski definition) is 2. The summed E-state index contributed by atoms with van der Waals surface area (Å²) in [6, 6.07) is 0.447. The van der Waals surface area contributed by atoms with Gasteiger partial charge in [0, 0.05) is 37.9 Å². The zero-order valence-electron chi connectivity index (χ0n) is 12.9. The third-order valence-electron chi connectivity index (χ3n) is 3.87. The minimum atomic E-state index is -0.311. The second-order valence-electron chi connectivity index (χ2n) is 5.33. The SMILES string of the molecule is CCN1CCC[C@H]1CNC(=O)CCNC(=O)c1cnccn1. The molecule has 0 bridgehead atoms. The largest absolute Gasteiger partial charge is 0.354 e. The third kappa shape index (κ3) is 4.77. The number of likely N-dealkylation sites (tertiary alicyclic amines) is 1. The number of carbonyl (C=O) groups is 2. The summed E-state index contributed by atoms with van der Waals surface area (Å²) in [7, 11) is 0. The highest BCUT2D eigenvalue weighted by molar-refractivity contribution is 5.92. The van der Waals surface area contributed by atoms with Gasteiger partial charge in [0.05, 0.1) is 6.20 Å². The Morgan fingerprint density at radius 2 is 2.23 bits per heavy atom. The van der Waals surface area contributed by atoms with Crippen LogP contribution in [0.5, 0.6) is 0 Å². The maximum atomic E-state index is 11.8. The van der Waals surface area contributed by atoms with Crippen LogP contribution in [0.1, 0.15) is 36.7 Å². The highest BCUT2D eigenvalue weighted by atomic mass is 16.2. The zero-order valence-corrected chi connectivity index (χ0v) is 12.9. The minimum absolute atomic E-state index is 0.0394. The fraction of sp³-hybridized carbons (Fsp3) is 0.600. The van der Waals surface area contributed by atoms with Crippen molar-refractivity contribution in [2.45, 2.75) is 32.2 Å². The van der Waals surface area contributed by atoms with Crippen molar-refractivity contribution in [2.24, 2.45) is 0 Å². The van der Waals surface area contributed by atoms with Crippen molar-refractivity contribution < 1.29 is 9.59 Å². The maximum Gasteiger partial charge on any atom is 0.271 e. The average molecular weight is 305 g/mol. The van der Waals surface area contributed by atoms with Crippen LogP contribution >= 0.6 is 0 Å². The molecular formula is C15H23N5O2. The van der Waals surface area contributed by atoms with Gasteiger partial charge in [0.25, 0.3) is 5.91 Å². The van der Waals surface area contributed by atoms with Crippen LogP contribution in [-0.4, -0.2) is 58.9 Å². The van der Waals surface area contributed by atoms with E-state index in [9.17, 15) is 9.59 Å². The van der Waals surface area contributed by atoms with E-state index in [2.05, 4.69) is 32.4 Å². The van der Waals surface area contributed by atoms with Crippen molar-refractivity contribution in [1.82, 2.24) is 25.5 Å². The van der Waals surface area contributed by atoms with E-state index >= 15 is 0 Å². The van der Waals surface area contributed by atoms with Crippen LogP contribution in [0.2, 0.25) is 0 Å². The summed E-state index contributed by atoms with van der Waals surface area (Å²) in [6.07, 6.45) is 6.97. The predicted octanol–water partition coefficient (Wildman–Crippen LogP) is 0.197. The Bertz CT molecular complexity index is 494. The molecular weight excluding hydrogens is 282 g/mol. The molecule has 120 valence electrons. The fourth-order valence-corrected chi connectivity index (χ4v) is 2.66. The smallest absolute Gasteiger partial charge is 0.271 e. The number of nitrogens with zero attached hydrogens (tertiary/aromatic N) is 3. The number of nitrogens with one attached hydrogen (secondary N) is 2. The van der Waals surface area contributed by atoms with Gasteiger partial charge >= 0.3 is 0 Å². The van der Waals surface area contributed by atoms with Crippen LogP contribution in [-0.2, 0) is 4.79 Å². The topological polar surface area (TPSA) is 87.2 Å². The lowest BCUT2D eigenvalue weighted by Gasteiger charge is -2.22. The molecule has 2 rings (SSSR count). The Labute approximate surface area is 130 Å². The molecule has 1 aromatic heterocycles. The van der Waals surface area contributed by atoms with E-state index in [1.54, 1.807) is 0 Å². The number of rotatable bonds is 7. The van der Waals surface area contributed by atoms with Gasteiger partial charge in [-0.15, -0.1) is 0 Å². The van der Waals surface area contributed by atoms with Gasteiger partial charge in [-0.3, -0.25) is 19.5 Å². The Morgan fingerprint density at radius 3 is 2.95 bits per heavy atom. The number of amides is 2. The van der Waals surface area contributed by atoms with Gasteiger partial charge in [-0.1, -0.05) is 6.92 Å². The summed E-state index contributed by atoms with van der Waals surface area (Å²) in [6.45, 7) is 5.26. The van der Waals surface area contributed by atoms with Crippen LogP contribution in [0, 0.1) is 0 Å². The standard InChI is InChI=1S/C15H23N5O2/c1-2-20-9-3-4-12(20)10-19-14(21)5-6-18-15(22)13-11-16-7-8-17-13/h7-8,11-12H,2-6,9-10H2,1H3,(H,18,22)(H,19,21)/t12-/m0/s1. The van der Waals surface area contributed by atoms with Crippen molar-refractivity contribution in [3.05, 3.63) is 24.3 Å². The molecule has 1 aliphatic heterocycles. The molecule has 0 radical (unpaired) electrons. The molecule has 2 amide bonds. The Balaban J connectivity index is 1.63. The lowest BCUT2D eigenvalue weighted by Crippen LogP contribution is -2.40. The zero-order chi connectivity index (χ0) is 15.8. The van der Waals surface area contributed by atoms with E-state index in [4.69, 9.17) is 0 Å². The molecule has 0 spiro atoms. The number of aromatic nitrogens is 2. The average Bonchev–Trinajstić information content (AvgIpc) is 3.01. The molecule has 0 aromatic carbocycles. The van der Waals surface area contributed by atoms with Crippen LogP contribution in [0.25, 0.3) is 0 Å². The van der Waals surface area contributed by atoms with Crippen molar-refractivity contribution in [3.8, 4) is 0 Å². The van der Waals surface area contributed by atoms with Gasteiger partial charge in [0.2, 0.25) is 5.91 Å². The molecule has 1 atom stereocenters. The molecule has 1 aromatic rings. The molecule has 1 aliphatic rings. The van der Waals surface area contributed by atoms with Crippen LogP contribution in [0.3, 0.4) is 0 Å². The Kier molecular flexibility index (Phi) is 6.27. The summed E-state index contributed by atoms with van der Waals surface area (Å²) in [5.74, 6) is -0.351. The van der Waals surface area contributed by atoms with E-state index in [0.29, 0.717) is 19.1 Å². The fourth-order valence-electron chi connectivity index (χ4n) is 2.66. The van der Waals surface area contributed by atoms with Crippen LogP contribution in [0.4, 0.5) is 0 Å². The van der Waals surface area contributed by atoms with Crippen LogP contribution in [0.15, 0.2) is 18.6 Å². The van der Waals surface area contributed by atoms with Crippen molar-refractivity contribution in [1.29, 1.82) is 0 Å². The van der Waals surface area contributed by atoms with E-state index in [1.807, 2.05) is 0 Å². The second-order valence-corrected chi connectivity index (χ2v) is 5.33. The van der Waals surface area contributed by atoms with Crippen molar-refractivity contribution in [2.75, 3.05) is 26.2 Å². The monoisotopic (exact) mass is 305 g/mol. The molecule has 0 saturated carbocycles. The first-order valence-electron chi connectivity index (χ1n) is 7.75. The minimum Gasteiger partial charge on any atom is -0.354 e. The van der Waals surface area contributed by atoms with Gasteiger partial charge in [-0.2, -0.15) is 0 Å². The lowest BCUT2D eigenvalue weighted by molar-refractivity contribution is -0.121. The van der Waals surface area contributed by atoms with E-state index in [-0.39, 0.29) is 23.9 Å². The Morgan fingerprint density at radius 1 is 1.36 bits per heavy atom. The predicted molar refractivity (Wildman–Crippen MR) is 82.3 cm³/mol. The molecule has 7 nitrogen and oxygen atoms in total. The highest BCUT2D eigenvalue weighted by Crippen LogP contribution is 2.15. The molecule has 2 heterocycles. The van der Waals surface area contributed by atoms with Gasteiger partial charge < -0.3 is 10.6 Å². The van der Waals surface area contributed by atoms with Crippen molar-refractivity contribution >= 4 is 11.8 Å². The molecule has 1 saturated heterocycles. The maximum absolute atomic E-state index is 11.8. The van der Waals surface area contributed by atoms with Gasteiger partial charge in [-0.05, 0) is 25.9 Å². The summed E-state index contributed by atoms with van der Waals surface area (Å²) in [5.41, 5.74) is 0.257. The van der Waals surface area contributed by atoms with Gasteiger partial charge in [-0.25, -0.2) is 4.98 Å². The third-order valence-corrected chi connectivity index (χ3v) is 3.87. The first-order valence-corrected chi connectivity index (χ1v) is 7.75. The van der Waals surface area contributed by atoms with E-state index in [1.165, 1.54) is 25.0 Å². The summed E-state index contributed by atoms with van der Waals surface area (Å²) >= 11 is 0. The molecule has 22 heavy (non-hydrogen) atoms. The quantitative estimate of drug-likeness (QED) is 0.751. The second kappa shape index (κ2) is 8.43. The molecule has 0 aliphatic carbocycles. The number of hydrogen-bond acceptors (Lipinski definition) is 5. The Hall–Kier alpha value is -2.02. The van der Waals surface area contributed by atoms with E-state index < -0.39 is 0 Å².